The zero-order chi connectivity index (χ0) is 28.2. The van der Waals surface area contributed by atoms with Gasteiger partial charge in [-0.2, -0.15) is 0 Å². The van der Waals surface area contributed by atoms with Gasteiger partial charge in [0.15, 0.2) is 6.10 Å². The Morgan fingerprint density at radius 1 is 1.10 bits per heavy atom. The van der Waals surface area contributed by atoms with E-state index in [0.717, 1.165) is 11.3 Å². The van der Waals surface area contributed by atoms with Gasteiger partial charge in [0.2, 0.25) is 6.41 Å². The van der Waals surface area contributed by atoms with Crippen LogP contribution in [0.1, 0.15) is 30.1 Å². The number of β-lactam (4-membered cyclic amide) rings is 1. The molecule has 4 atom stereocenters. The maximum absolute atomic E-state index is 13.8. The van der Waals surface area contributed by atoms with Crippen molar-refractivity contribution in [3.8, 4) is 0 Å². The van der Waals surface area contributed by atoms with Crippen molar-refractivity contribution in [2.45, 2.75) is 36.4 Å². The number of fused-ring (bicyclic) bond motifs is 1. The normalized spacial score (nSPS) is 23.9. The van der Waals surface area contributed by atoms with Crippen LogP contribution in [0.2, 0.25) is 0 Å². The first kappa shape index (κ1) is 27.5. The molecule has 5 rings (SSSR count). The summed E-state index contributed by atoms with van der Waals surface area (Å²) in [6.07, 6.45) is 0.231. The number of nitrogens with one attached hydrogen (secondary N) is 1. The highest BCUT2D eigenvalue weighted by Gasteiger charge is 2.57. The molecule has 3 aliphatic rings. The second-order valence-corrected chi connectivity index (χ2v) is 11.2. The number of rotatable bonds is 9. The first-order valence-corrected chi connectivity index (χ1v) is 14.3. The number of aliphatic hydroxyl groups excluding tert-OH is 1. The number of aliphatic hydroxyl groups is 1. The monoisotopic (exact) mass is 567 g/mol. The third kappa shape index (κ3) is 5.24. The molecule has 3 heterocycles. The van der Waals surface area contributed by atoms with Crippen LogP contribution in [0.15, 0.2) is 71.9 Å². The van der Waals surface area contributed by atoms with Gasteiger partial charge < -0.3 is 24.8 Å². The highest BCUT2D eigenvalue weighted by molar-refractivity contribution is 7.86. The molecule has 0 aromatic heterocycles. The summed E-state index contributed by atoms with van der Waals surface area (Å²) in [7, 11) is -1.68. The largest absolute Gasteiger partial charge is 0.448 e. The topological polar surface area (TPSA) is 143 Å². The van der Waals surface area contributed by atoms with Gasteiger partial charge in [-0.15, -0.1) is 0 Å². The van der Waals surface area contributed by atoms with Crippen LogP contribution in [0.3, 0.4) is 0 Å². The number of carbonyl (C=O) groups excluding carboxylic acids is 4. The standard InChI is InChI=1S/C28H29N3O8S/c32-14-21-12-7-13-30(21)28(36)38-15-20-16-40(37)26-22(29-17-33)25(34)31(26)23(20)27(35)39-24(18-8-3-1-4-9-18)19-10-5-2-6-11-19/h1-6,8-11,17,21-22,24,26,32H,7,12-16H2,(H,29,33)/t21-,22?,26+,40?/m0/s1. The second-order valence-electron chi connectivity index (χ2n) is 9.67. The van der Waals surface area contributed by atoms with Crippen LogP contribution in [-0.2, 0) is 34.7 Å². The minimum atomic E-state index is -1.68. The Morgan fingerprint density at radius 3 is 2.35 bits per heavy atom. The van der Waals surface area contributed by atoms with Gasteiger partial charge in [0.25, 0.3) is 5.91 Å². The molecular formula is C28H29N3O8S. The van der Waals surface area contributed by atoms with Crippen LogP contribution in [0.4, 0.5) is 4.79 Å². The Labute approximate surface area is 233 Å². The lowest BCUT2D eigenvalue weighted by Crippen LogP contribution is -2.73. The fourth-order valence-electron chi connectivity index (χ4n) is 5.29. The molecule has 0 spiro atoms. The summed E-state index contributed by atoms with van der Waals surface area (Å²) in [4.78, 5) is 53.2. The quantitative estimate of drug-likeness (QED) is 0.262. The number of hydrogen-bond acceptors (Lipinski definition) is 8. The molecule has 2 unspecified atom stereocenters. The third-order valence-corrected chi connectivity index (χ3v) is 8.92. The van der Waals surface area contributed by atoms with E-state index >= 15 is 0 Å². The number of ether oxygens (including phenoxy) is 2. The number of benzene rings is 2. The predicted octanol–water partition coefficient (Wildman–Crippen LogP) is 1.21. The SMILES string of the molecule is O=CNC1C(=O)N2C(C(=O)OC(c3ccccc3)c3ccccc3)=C(COC(=O)N3CCC[C@H]3CO)CS(=O)[C@H]12. The predicted molar refractivity (Wildman–Crippen MR) is 143 cm³/mol. The van der Waals surface area contributed by atoms with E-state index in [0.29, 0.717) is 30.5 Å². The van der Waals surface area contributed by atoms with E-state index in [2.05, 4.69) is 5.32 Å². The maximum atomic E-state index is 13.8. The van der Waals surface area contributed by atoms with Crippen molar-refractivity contribution in [1.29, 1.82) is 0 Å². The summed E-state index contributed by atoms with van der Waals surface area (Å²) >= 11 is 0. The highest BCUT2D eigenvalue weighted by Crippen LogP contribution is 2.37. The molecule has 3 aliphatic heterocycles. The number of amides is 3. The average Bonchev–Trinajstić information content (AvgIpc) is 3.47. The van der Waals surface area contributed by atoms with Crippen molar-refractivity contribution in [1.82, 2.24) is 15.1 Å². The molecule has 11 nitrogen and oxygen atoms in total. The summed E-state index contributed by atoms with van der Waals surface area (Å²) in [6.45, 7) is -0.173. The van der Waals surface area contributed by atoms with Crippen molar-refractivity contribution < 1.29 is 38.0 Å². The van der Waals surface area contributed by atoms with E-state index in [4.69, 9.17) is 9.47 Å². The molecule has 40 heavy (non-hydrogen) atoms. The zero-order valence-corrected chi connectivity index (χ0v) is 22.3. The van der Waals surface area contributed by atoms with E-state index in [1.807, 2.05) is 60.7 Å². The number of esters is 1. The van der Waals surface area contributed by atoms with Gasteiger partial charge in [-0.1, -0.05) is 60.7 Å². The van der Waals surface area contributed by atoms with Crippen LogP contribution in [-0.4, -0.2) is 86.5 Å². The van der Waals surface area contributed by atoms with Gasteiger partial charge in [-0.05, 0) is 24.0 Å². The van der Waals surface area contributed by atoms with E-state index in [-0.39, 0.29) is 29.7 Å². The van der Waals surface area contributed by atoms with Gasteiger partial charge in [0, 0.05) is 12.1 Å². The Balaban J connectivity index is 1.46. The number of hydrogen-bond donors (Lipinski definition) is 2. The number of carbonyl (C=O) groups is 4. The van der Waals surface area contributed by atoms with Gasteiger partial charge in [0.05, 0.1) is 29.2 Å². The molecule has 3 amide bonds. The van der Waals surface area contributed by atoms with Crippen molar-refractivity contribution >= 4 is 35.2 Å². The molecule has 0 radical (unpaired) electrons. The van der Waals surface area contributed by atoms with Crippen molar-refractivity contribution in [3.05, 3.63) is 83.1 Å². The number of nitrogens with zero attached hydrogens (tertiary/aromatic N) is 2. The smallest absolute Gasteiger partial charge is 0.410 e. The third-order valence-electron chi connectivity index (χ3n) is 7.27. The highest BCUT2D eigenvalue weighted by atomic mass is 32.2. The molecule has 2 N–H and O–H groups in total. The van der Waals surface area contributed by atoms with Crippen LogP contribution in [0.25, 0.3) is 0 Å². The summed E-state index contributed by atoms with van der Waals surface area (Å²) in [5.74, 6) is -1.62. The molecule has 0 saturated carbocycles. The Bertz CT molecular complexity index is 1300. The fraction of sp³-hybridized carbons (Fsp3) is 0.357. The molecule has 2 aromatic rings. The van der Waals surface area contributed by atoms with Gasteiger partial charge in [-0.25, -0.2) is 9.59 Å². The van der Waals surface area contributed by atoms with Gasteiger partial charge in [0.1, 0.15) is 23.7 Å². The molecule has 0 bridgehead atoms. The summed E-state index contributed by atoms with van der Waals surface area (Å²) < 4.78 is 24.6. The maximum Gasteiger partial charge on any atom is 0.410 e. The van der Waals surface area contributed by atoms with Crippen LogP contribution >= 0.6 is 0 Å². The lowest BCUT2D eigenvalue weighted by atomic mass is 10.0. The first-order chi connectivity index (χ1) is 19.4. The second kappa shape index (κ2) is 12.0. The molecule has 2 fully saturated rings. The molecule has 210 valence electrons. The molecule has 2 saturated heterocycles. The Hall–Kier alpha value is -4.03. The first-order valence-electron chi connectivity index (χ1n) is 12.9. The van der Waals surface area contributed by atoms with E-state index < -0.39 is 52.9 Å². The van der Waals surface area contributed by atoms with Crippen molar-refractivity contribution in [2.75, 3.05) is 25.5 Å². The van der Waals surface area contributed by atoms with Crippen LogP contribution < -0.4 is 5.32 Å². The lowest BCUT2D eigenvalue weighted by Gasteiger charge is -2.49. The van der Waals surface area contributed by atoms with E-state index in [9.17, 15) is 28.5 Å². The van der Waals surface area contributed by atoms with E-state index in [1.54, 1.807) is 0 Å². The summed E-state index contributed by atoms with van der Waals surface area (Å²) in [5, 5.41) is 11.0. The van der Waals surface area contributed by atoms with Crippen molar-refractivity contribution in [2.24, 2.45) is 0 Å². The molecule has 12 heteroatoms. The van der Waals surface area contributed by atoms with Crippen LogP contribution in [0.5, 0.6) is 0 Å². The van der Waals surface area contributed by atoms with Gasteiger partial charge >= 0.3 is 12.1 Å². The zero-order valence-electron chi connectivity index (χ0n) is 21.5. The summed E-state index contributed by atoms with van der Waals surface area (Å²) in [5.41, 5.74) is 1.42. The van der Waals surface area contributed by atoms with Crippen LogP contribution in [0, 0.1) is 0 Å². The minimum Gasteiger partial charge on any atom is -0.448 e. The van der Waals surface area contributed by atoms with E-state index in [1.165, 1.54) is 4.90 Å². The van der Waals surface area contributed by atoms with Crippen molar-refractivity contribution in [3.63, 3.8) is 0 Å². The average molecular weight is 568 g/mol. The minimum absolute atomic E-state index is 0.150. The van der Waals surface area contributed by atoms with Gasteiger partial charge in [-0.3, -0.25) is 18.7 Å². The Kier molecular flexibility index (Phi) is 8.27. The molecule has 0 aliphatic carbocycles. The number of likely N-dealkylation sites (tertiary alicyclic amines) is 1. The molecule has 2 aromatic carbocycles. The summed E-state index contributed by atoms with van der Waals surface area (Å²) in [6, 6.07) is 16.8. The lowest BCUT2D eigenvalue weighted by molar-refractivity contribution is -0.154. The Morgan fingerprint density at radius 2 is 1.75 bits per heavy atom. The molecular weight excluding hydrogens is 538 g/mol. The fourth-order valence-corrected chi connectivity index (χ4v) is 6.97.